The van der Waals surface area contributed by atoms with Crippen molar-refractivity contribution in [1.82, 2.24) is 10.2 Å². The molecule has 3 N–H and O–H groups in total. The quantitative estimate of drug-likeness (QED) is 0.787. The molecular weight excluding hydrogens is 242 g/mol. The number of carbonyl (C=O) groups excluding carboxylic acids is 2. The summed E-state index contributed by atoms with van der Waals surface area (Å²) in [6.07, 6.45) is 5.71. The average molecular weight is 267 g/mol. The van der Waals surface area contributed by atoms with E-state index in [1.807, 2.05) is 4.90 Å². The fraction of sp³-hybridized carbons (Fsp3) is 0.857. The van der Waals surface area contributed by atoms with Crippen LogP contribution in [0.5, 0.6) is 0 Å². The Hall–Kier alpha value is -1.10. The van der Waals surface area contributed by atoms with Crippen LogP contribution in [0.3, 0.4) is 0 Å². The molecule has 0 aromatic heterocycles. The van der Waals surface area contributed by atoms with E-state index in [9.17, 15) is 9.59 Å². The number of amides is 2. The molecule has 2 aliphatic rings. The molecule has 0 radical (unpaired) electrons. The molecule has 2 rings (SSSR count). The number of nitrogens with one attached hydrogen (secondary N) is 1. The summed E-state index contributed by atoms with van der Waals surface area (Å²) >= 11 is 0. The van der Waals surface area contributed by atoms with Gasteiger partial charge in [0.2, 0.25) is 11.8 Å². The predicted octanol–water partition coefficient (Wildman–Crippen LogP) is 0.633. The van der Waals surface area contributed by atoms with E-state index < -0.39 is 5.54 Å². The van der Waals surface area contributed by atoms with Crippen LogP contribution in [0, 0.1) is 5.92 Å². The summed E-state index contributed by atoms with van der Waals surface area (Å²) in [5, 5.41) is 2.73. The largest absolute Gasteiger partial charge is 0.345 e. The van der Waals surface area contributed by atoms with Gasteiger partial charge in [0, 0.05) is 13.1 Å². The number of hydrogen-bond donors (Lipinski definition) is 2. The van der Waals surface area contributed by atoms with Crippen LogP contribution in [0.1, 0.15) is 45.4 Å². The molecule has 0 spiro atoms. The van der Waals surface area contributed by atoms with Crippen molar-refractivity contribution in [2.75, 3.05) is 19.6 Å². The highest BCUT2D eigenvalue weighted by Gasteiger charge is 2.38. The summed E-state index contributed by atoms with van der Waals surface area (Å²) in [6.45, 7) is 3.86. The van der Waals surface area contributed by atoms with Crippen molar-refractivity contribution in [2.45, 2.75) is 51.0 Å². The topological polar surface area (TPSA) is 75.4 Å². The number of nitrogens with two attached hydrogens (primary N) is 1. The van der Waals surface area contributed by atoms with Crippen LogP contribution < -0.4 is 11.1 Å². The van der Waals surface area contributed by atoms with Crippen molar-refractivity contribution in [3.05, 3.63) is 0 Å². The predicted molar refractivity (Wildman–Crippen MR) is 73.4 cm³/mol. The monoisotopic (exact) mass is 267 g/mol. The lowest BCUT2D eigenvalue weighted by atomic mass is 9.76. The molecule has 2 unspecified atom stereocenters. The molecule has 108 valence electrons. The van der Waals surface area contributed by atoms with E-state index in [2.05, 4.69) is 12.2 Å². The Labute approximate surface area is 114 Å². The van der Waals surface area contributed by atoms with Crippen molar-refractivity contribution < 1.29 is 9.59 Å². The zero-order valence-electron chi connectivity index (χ0n) is 11.8. The Morgan fingerprint density at radius 3 is 2.63 bits per heavy atom. The van der Waals surface area contributed by atoms with E-state index >= 15 is 0 Å². The van der Waals surface area contributed by atoms with Crippen LogP contribution in [0.15, 0.2) is 0 Å². The summed E-state index contributed by atoms with van der Waals surface area (Å²) in [5.41, 5.74) is 5.42. The van der Waals surface area contributed by atoms with E-state index in [4.69, 9.17) is 5.73 Å². The highest BCUT2D eigenvalue weighted by Crippen LogP contribution is 2.30. The molecule has 1 saturated heterocycles. The van der Waals surface area contributed by atoms with Crippen LogP contribution in [-0.4, -0.2) is 41.9 Å². The maximum absolute atomic E-state index is 12.2. The minimum Gasteiger partial charge on any atom is -0.345 e. The van der Waals surface area contributed by atoms with Crippen LogP contribution >= 0.6 is 0 Å². The van der Waals surface area contributed by atoms with Gasteiger partial charge in [-0.05, 0) is 31.6 Å². The molecule has 0 aromatic carbocycles. The van der Waals surface area contributed by atoms with Crippen molar-refractivity contribution in [1.29, 1.82) is 0 Å². The molecule has 2 amide bonds. The van der Waals surface area contributed by atoms with Gasteiger partial charge in [0.1, 0.15) is 0 Å². The van der Waals surface area contributed by atoms with Gasteiger partial charge in [-0.1, -0.05) is 19.8 Å². The van der Waals surface area contributed by atoms with Gasteiger partial charge in [-0.3, -0.25) is 9.59 Å². The molecular formula is C14H25N3O2. The third-order valence-corrected chi connectivity index (χ3v) is 4.34. The van der Waals surface area contributed by atoms with E-state index in [0.717, 1.165) is 51.6 Å². The highest BCUT2D eigenvalue weighted by molar-refractivity contribution is 5.90. The first-order valence-electron chi connectivity index (χ1n) is 7.36. The molecule has 19 heavy (non-hydrogen) atoms. The van der Waals surface area contributed by atoms with Crippen molar-refractivity contribution in [3.63, 3.8) is 0 Å². The van der Waals surface area contributed by atoms with Gasteiger partial charge < -0.3 is 16.0 Å². The first-order chi connectivity index (χ1) is 9.01. The summed E-state index contributed by atoms with van der Waals surface area (Å²) < 4.78 is 0. The van der Waals surface area contributed by atoms with Gasteiger partial charge in [-0.15, -0.1) is 0 Å². The number of rotatable bonds is 3. The number of carbonyl (C=O) groups is 2. The smallest absolute Gasteiger partial charge is 0.241 e. The maximum atomic E-state index is 12.2. The molecule has 0 aromatic rings. The third-order valence-electron chi connectivity index (χ3n) is 4.34. The molecule has 2 atom stereocenters. The fourth-order valence-electron chi connectivity index (χ4n) is 3.21. The van der Waals surface area contributed by atoms with E-state index in [1.165, 1.54) is 0 Å². The lowest BCUT2D eigenvalue weighted by Crippen LogP contribution is -2.57. The zero-order chi connectivity index (χ0) is 13.9. The normalized spacial score (nSPS) is 31.3. The second-order valence-corrected chi connectivity index (χ2v) is 6.13. The van der Waals surface area contributed by atoms with Gasteiger partial charge in [-0.2, -0.15) is 0 Å². The molecule has 5 heteroatoms. The van der Waals surface area contributed by atoms with Crippen LogP contribution in [0.25, 0.3) is 0 Å². The minimum absolute atomic E-state index is 0.0123. The summed E-state index contributed by atoms with van der Waals surface area (Å²) in [7, 11) is 0. The fourth-order valence-corrected chi connectivity index (χ4v) is 3.21. The van der Waals surface area contributed by atoms with Gasteiger partial charge in [-0.25, -0.2) is 0 Å². The Balaban J connectivity index is 1.81. The number of likely N-dealkylation sites (tertiary alicyclic amines) is 1. The SMILES string of the molecule is CC1CCCC(N)(C(=O)NCC(=O)N2CCCC2)C1. The minimum atomic E-state index is -0.775. The second kappa shape index (κ2) is 5.90. The Morgan fingerprint density at radius 2 is 2.00 bits per heavy atom. The van der Waals surface area contributed by atoms with Crippen molar-refractivity contribution in [3.8, 4) is 0 Å². The zero-order valence-corrected chi connectivity index (χ0v) is 11.8. The number of nitrogens with zero attached hydrogens (tertiary/aromatic N) is 1. The molecule has 5 nitrogen and oxygen atoms in total. The van der Waals surface area contributed by atoms with Gasteiger partial charge in [0.15, 0.2) is 0 Å². The maximum Gasteiger partial charge on any atom is 0.241 e. The van der Waals surface area contributed by atoms with Crippen LogP contribution in [0.2, 0.25) is 0 Å². The first kappa shape index (κ1) is 14.3. The highest BCUT2D eigenvalue weighted by atomic mass is 16.2. The standard InChI is InChI=1S/C14H25N3O2/c1-11-5-4-6-14(15,9-11)13(19)16-10-12(18)17-7-2-3-8-17/h11H,2-10,15H2,1H3,(H,16,19). The molecule has 1 heterocycles. The van der Waals surface area contributed by atoms with E-state index in [1.54, 1.807) is 0 Å². The second-order valence-electron chi connectivity index (χ2n) is 6.13. The number of hydrogen-bond acceptors (Lipinski definition) is 3. The molecule has 1 aliphatic carbocycles. The third kappa shape index (κ3) is 3.47. The molecule has 1 aliphatic heterocycles. The molecule has 0 bridgehead atoms. The lowest BCUT2D eigenvalue weighted by molar-refractivity contribution is -0.134. The Morgan fingerprint density at radius 1 is 1.32 bits per heavy atom. The summed E-state index contributed by atoms with van der Waals surface area (Å²) in [6, 6.07) is 0. The first-order valence-corrected chi connectivity index (χ1v) is 7.36. The van der Waals surface area contributed by atoms with Crippen molar-refractivity contribution >= 4 is 11.8 Å². The Kier molecular flexibility index (Phi) is 4.45. The van der Waals surface area contributed by atoms with Gasteiger partial charge in [0.25, 0.3) is 0 Å². The summed E-state index contributed by atoms with van der Waals surface area (Å²) in [4.78, 5) is 25.9. The van der Waals surface area contributed by atoms with Gasteiger partial charge >= 0.3 is 0 Å². The van der Waals surface area contributed by atoms with E-state index in [0.29, 0.717) is 5.92 Å². The van der Waals surface area contributed by atoms with Crippen LogP contribution in [-0.2, 0) is 9.59 Å². The van der Waals surface area contributed by atoms with E-state index in [-0.39, 0.29) is 18.4 Å². The van der Waals surface area contributed by atoms with Crippen LogP contribution in [0.4, 0.5) is 0 Å². The van der Waals surface area contributed by atoms with Gasteiger partial charge in [0.05, 0.1) is 12.1 Å². The molecule has 1 saturated carbocycles. The Bertz CT molecular complexity index is 353. The molecule has 2 fully saturated rings. The summed E-state index contributed by atoms with van der Waals surface area (Å²) in [5.74, 6) is 0.337. The van der Waals surface area contributed by atoms with Crippen molar-refractivity contribution in [2.24, 2.45) is 11.7 Å². The average Bonchev–Trinajstić information content (AvgIpc) is 2.89. The lowest BCUT2D eigenvalue weighted by Gasteiger charge is -2.35.